The molecule has 1 fully saturated rings. The van der Waals surface area contributed by atoms with Gasteiger partial charge in [0.1, 0.15) is 5.82 Å². The van der Waals surface area contributed by atoms with Crippen molar-refractivity contribution < 1.29 is 9.47 Å². The summed E-state index contributed by atoms with van der Waals surface area (Å²) in [4.78, 5) is 7.31. The first-order chi connectivity index (χ1) is 15.7. The fourth-order valence-electron chi connectivity index (χ4n) is 3.50. The summed E-state index contributed by atoms with van der Waals surface area (Å²) in [6, 6.07) is 8.55. The van der Waals surface area contributed by atoms with E-state index in [1.807, 2.05) is 25.5 Å². The standard InChI is InChI=1S/C23H37N7O2/c1-4-31-13-7-10-24-23(26-17-22-28-27-19(2)29(22)3)25-16-20-8-5-6-9-21(20)18-30-11-14-32-15-12-30/h5-6,8-9H,4,7,10-18H2,1-3H3,(H2,24,25,26). The average Bonchev–Trinajstić information content (AvgIpc) is 3.14. The molecule has 1 aromatic heterocycles. The summed E-state index contributed by atoms with van der Waals surface area (Å²) in [6.07, 6.45) is 0.922. The minimum absolute atomic E-state index is 0.560. The van der Waals surface area contributed by atoms with Crippen LogP contribution in [0.15, 0.2) is 29.3 Å². The second-order valence-electron chi connectivity index (χ2n) is 7.88. The largest absolute Gasteiger partial charge is 0.382 e. The average molecular weight is 444 g/mol. The van der Waals surface area contributed by atoms with Gasteiger partial charge in [-0.1, -0.05) is 24.3 Å². The lowest BCUT2D eigenvalue weighted by atomic mass is 10.1. The number of aromatic nitrogens is 3. The SMILES string of the molecule is CCOCCCNC(=NCc1ccccc1CN1CCOCC1)NCc1nnc(C)n1C. The van der Waals surface area contributed by atoms with Crippen LogP contribution in [0.25, 0.3) is 0 Å². The Morgan fingerprint density at radius 3 is 2.66 bits per heavy atom. The van der Waals surface area contributed by atoms with Gasteiger partial charge in [-0.2, -0.15) is 0 Å². The van der Waals surface area contributed by atoms with Gasteiger partial charge in [-0.3, -0.25) is 4.90 Å². The second-order valence-corrected chi connectivity index (χ2v) is 7.88. The van der Waals surface area contributed by atoms with Gasteiger partial charge in [0.25, 0.3) is 0 Å². The highest BCUT2D eigenvalue weighted by Gasteiger charge is 2.13. The Hall–Kier alpha value is -2.49. The van der Waals surface area contributed by atoms with Crippen molar-refractivity contribution in [3.05, 3.63) is 47.0 Å². The van der Waals surface area contributed by atoms with E-state index in [0.29, 0.717) is 13.1 Å². The molecular formula is C23H37N7O2. The third kappa shape index (κ3) is 7.58. The van der Waals surface area contributed by atoms with Crippen LogP contribution >= 0.6 is 0 Å². The van der Waals surface area contributed by atoms with Gasteiger partial charge in [0.05, 0.1) is 26.3 Å². The first-order valence-electron chi connectivity index (χ1n) is 11.5. The minimum atomic E-state index is 0.560. The van der Waals surface area contributed by atoms with E-state index < -0.39 is 0 Å². The topological polar surface area (TPSA) is 88.8 Å². The molecule has 9 heteroatoms. The smallest absolute Gasteiger partial charge is 0.191 e. The lowest BCUT2D eigenvalue weighted by Crippen LogP contribution is -2.38. The lowest BCUT2D eigenvalue weighted by molar-refractivity contribution is 0.0341. The monoisotopic (exact) mass is 443 g/mol. The molecule has 2 N–H and O–H groups in total. The maximum atomic E-state index is 5.48. The van der Waals surface area contributed by atoms with Crippen LogP contribution in [0, 0.1) is 6.92 Å². The molecular weight excluding hydrogens is 406 g/mol. The number of nitrogens with one attached hydrogen (secondary N) is 2. The van der Waals surface area contributed by atoms with E-state index in [9.17, 15) is 0 Å². The van der Waals surface area contributed by atoms with Crippen molar-refractivity contribution in [3.8, 4) is 0 Å². The van der Waals surface area contributed by atoms with Gasteiger partial charge in [-0.25, -0.2) is 4.99 Å². The predicted octanol–water partition coefficient (Wildman–Crippen LogP) is 1.62. The fourth-order valence-corrected chi connectivity index (χ4v) is 3.50. The Morgan fingerprint density at radius 2 is 1.94 bits per heavy atom. The van der Waals surface area contributed by atoms with Crippen molar-refractivity contribution in [2.24, 2.45) is 12.0 Å². The molecule has 1 aromatic carbocycles. The first kappa shape index (κ1) is 24.2. The molecule has 0 bridgehead atoms. The highest BCUT2D eigenvalue weighted by atomic mass is 16.5. The molecule has 0 amide bonds. The summed E-state index contributed by atoms with van der Waals surface area (Å²) < 4.78 is 12.9. The number of benzene rings is 1. The molecule has 1 saturated heterocycles. The molecule has 0 aliphatic carbocycles. The number of aryl methyl sites for hydroxylation is 1. The van der Waals surface area contributed by atoms with Crippen LogP contribution in [0.2, 0.25) is 0 Å². The van der Waals surface area contributed by atoms with E-state index in [0.717, 1.165) is 76.6 Å². The Bertz CT molecular complexity index is 847. The second kappa shape index (κ2) is 13.1. The van der Waals surface area contributed by atoms with Crippen LogP contribution in [0.1, 0.15) is 36.1 Å². The molecule has 1 aliphatic rings. The normalized spacial score (nSPS) is 15.2. The molecule has 3 rings (SSSR count). The van der Waals surface area contributed by atoms with Crippen LogP contribution in [0.3, 0.4) is 0 Å². The van der Waals surface area contributed by atoms with Crippen LogP contribution in [-0.2, 0) is 36.2 Å². The number of hydrogen-bond donors (Lipinski definition) is 2. The molecule has 2 aromatic rings. The van der Waals surface area contributed by atoms with Gasteiger partial charge in [0.2, 0.25) is 0 Å². The molecule has 0 atom stereocenters. The molecule has 32 heavy (non-hydrogen) atoms. The van der Waals surface area contributed by atoms with Gasteiger partial charge in [0.15, 0.2) is 11.8 Å². The van der Waals surface area contributed by atoms with Crippen LogP contribution in [0.4, 0.5) is 0 Å². The van der Waals surface area contributed by atoms with Gasteiger partial charge in [-0.05, 0) is 31.4 Å². The Morgan fingerprint density at radius 1 is 1.16 bits per heavy atom. The molecule has 1 aliphatic heterocycles. The van der Waals surface area contributed by atoms with E-state index >= 15 is 0 Å². The maximum Gasteiger partial charge on any atom is 0.191 e. The van der Waals surface area contributed by atoms with Crippen LogP contribution in [0.5, 0.6) is 0 Å². The van der Waals surface area contributed by atoms with Crippen molar-refractivity contribution in [2.45, 2.75) is 39.9 Å². The van der Waals surface area contributed by atoms with E-state index in [-0.39, 0.29) is 0 Å². The Labute approximate surface area is 191 Å². The van der Waals surface area contributed by atoms with Gasteiger partial charge in [0, 0.05) is 46.4 Å². The number of aliphatic imine (C=N–C) groups is 1. The molecule has 176 valence electrons. The highest BCUT2D eigenvalue weighted by Crippen LogP contribution is 2.14. The number of rotatable bonds is 11. The van der Waals surface area contributed by atoms with Crippen molar-refractivity contribution in [3.63, 3.8) is 0 Å². The number of nitrogens with zero attached hydrogens (tertiary/aromatic N) is 5. The van der Waals surface area contributed by atoms with Crippen molar-refractivity contribution in [1.29, 1.82) is 0 Å². The minimum Gasteiger partial charge on any atom is -0.382 e. The first-order valence-corrected chi connectivity index (χ1v) is 11.5. The summed E-state index contributed by atoms with van der Waals surface area (Å²) >= 11 is 0. The summed E-state index contributed by atoms with van der Waals surface area (Å²) in [5, 5.41) is 15.2. The van der Waals surface area contributed by atoms with Crippen molar-refractivity contribution in [2.75, 3.05) is 46.1 Å². The molecule has 0 radical (unpaired) electrons. The van der Waals surface area contributed by atoms with Crippen LogP contribution < -0.4 is 10.6 Å². The lowest BCUT2D eigenvalue weighted by Gasteiger charge is -2.27. The van der Waals surface area contributed by atoms with Crippen molar-refractivity contribution >= 4 is 5.96 Å². The van der Waals surface area contributed by atoms with E-state index in [2.05, 4.69) is 50.0 Å². The molecule has 0 unspecified atom stereocenters. The number of ether oxygens (including phenoxy) is 2. The summed E-state index contributed by atoms with van der Waals surface area (Å²) in [5.74, 6) is 2.53. The van der Waals surface area contributed by atoms with Gasteiger partial charge in [-0.15, -0.1) is 10.2 Å². The number of hydrogen-bond acceptors (Lipinski definition) is 6. The van der Waals surface area contributed by atoms with Gasteiger partial charge >= 0.3 is 0 Å². The third-order valence-electron chi connectivity index (χ3n) is 5.58. The third-order valence-corrected chi connectivity index (χ3v) is 5.58. The molecule has 2 heterocycles. The fraction of sp³-hybridized carbons (Fsp3) is 0.609. The zero-order chi connectivity index (χ0) is 22.6. The summed E-state index contributed by atoms with van der Waals surface area (Å²) in [6.45, 7) is 11.9. The van der Waals surface area contributed by atoms with Crippen molar-refractivity contribution in [1.82, 2.24) is 30.3 Å². The number of morpholine rings is 1. The zero-order valence-electron chi connectivity index (χ0n) is 19.6. The zero-order valence-corrected chi connectivity index (χ0v) is 19.6. The van der Waals surface area contributed by atoms with E-state index in [1.165, 1.54) is 11.1 Å². The quantitative estimate of drug-likeness (QED) is 0.310. The molecule has 9 nitrogen and oxygen atoms in total. The Balaban J connectivity index is 1.63. The predicted molar refractivity (Wildman–Crippen MR) is 125 cm³/mol. The number of guanidine groups is 1. The van der Waals surface area contributed by atoms with E-state index in [4.69, 9.17) is 14.5 Å². The highest BCUT2D eigenvalue weighted by molar-refractivity contribution is 5.79. The van der Waals surface area contributed by atoms with Gasteiger partial charge < -0.3 is 24.7 Å². The molecule has 0 saturated carbocycles. The van der Waals surface area contributed by atoms with E-state index in [1.54, 1.807) is 0 Å². The summed E-state index contributed by atoms with van der Waals surface area (Å²) in [7, 11) is 1.97. The summed E-state index contributed by atoms with van der Waals surface area (Å²) in [5.41, 5.74) is 2.56. The molecule has 0 spiro atoms. The maximum absolute atomic E-state index is 5.48. The van der Waals surface area contributed by atoms with Crippen LogP contribution in [-0.4, -0.2) is 71.7 Å². The Kier molecular flexibility index (Phi) is 9.93.